The molecule has 4 heteroatoms. The number of hydrogen-bond acceptors (Lipinski definition) is 2. The van der Waals surface area contributed by atoms with Crippen molar-refractivity contribution in [1.82, 2.24) is 0 Å². The molecule has 90 valence electrons. The van der Waals surface area contributed by atoms with Crippen LogP contribution in [0.25, 0.3) is 20.2 Å². The van der Waals surface area contributed by atoms with E-state index < -0.39 is 0 Å². The fourth-order valence-electron chi connectivity index (χ4n) is 2.02. The second-order valence-electron chi connectivity index (χ2n) is 4.14. The Hall–Kier alpha value is -1.09. The Balaban J connectivity index is 2.65. The topological polar surface area (TPSA) is 17.1 Å². The zero-order valence-corrected chi connectivity index (χ0v) is 11.8. The highest BCUT2D eigenvalue weighted by Gasteiger charge is 2.11. The van der Waals surface area contributed by atoms with Crippen LogP contribution in [0.3, 0.4) is 0 Å². The normalized spacial score (nSPS) is 11.3. The van der Waals surface area contributed by atoms with Gasteiger partial charge in [0.1, 0.15) is 0 Å². The molecule has 3 rings (SSSR count). The van der Waals surface area contributed by atoms with Gasteiger partial charge in [-0.05, 0) is 36.8 Å². The van der Waals surface area contributed by atoms with Crippen LogP contribution in [0.4, 0.5) is 0 Å². The van der Waals surface area contributed by atoms with Crippen LogP contribution in [0.15, 0.2) is 35.1 Å². The van der Waals surface area contributed by atoms with E-state index in [0.29, 0.717) is 20.8 Å². The van der Waals surface area contributed by atoms with E-state index in [0.717, 1.165) is 15.0 Å². The van der Waals surface area contributed by atoms with Crippen molar-refractivity contribution >= 4 is 54.7 Å². The maximum atomic E-state index is 12.5. The quantitative estimate of drug-likeness (QED) is 0.532. The first-order chi connectivity index (χ1) is 8.58. The third kappa shape index (κ3) is 1.72. The first-order valence-corrected chi connectivity index (χ1v) is 6.96. The number of rotatable bonds is 0. The van der Waals surface area contributed by atoms with Crippen LogP contribution in [0, 0.1) is 6.92 Å². The summed E-state index contributed by atoms with van der Waals surface area (Å²) in [5.74, 6) is 0. The van der Waals surface area contributed by atoms with Gasteiger partial charge in [0.25, 0.3) is 0 Å². The highest BCUT2D eigenvalue weighted by atomic mass is 35.5. The Labute approximate surface area is 118 Å². The molecule has 3 aromatic rings. The van der Waals surface area contributed by atoms with Crippen molar-refractivity contribution < 1.29 is 0 Å². The first kappa shape index (κ1) is 12.0. The molecule has 0 aliphatic heterocycles. The Morgan fingerprint density at radius 3 is 2.67 bits per heavy atom. The summed E-state index contributed by atoms with van der Waals surface area (Å²) < 4.78 is 1.88. The summed E-state index contributed by atoms with van der Waals surface area (Å²) in [5.41, 5.74) is 1.02. The molecule has 0 aliphatic rings. The van der Waals surface area contributed by atoms with Crippen LogP contribution in [0.1, 0.15) is 5.56 Å². The van der Waals surface area contributed by atoms with Crippen molar-refractivity contribution in [3.63, 3.8) is 0 Å². The molecule has 1 aromatic heterocycles. The highest BCUT2D eigenvalue weighted by molar-refractivity contribution is 7.24. The minimum atomic E-state index is -0.0463. The number of fused-ring (bicyclic) bond motifs is 2. The summed E-state index contributed by atoms with van der Waals surface area (Å²) in [4.78, 5) is 12.5. The molecule has 2 aromatic carbocycles. The van der Waals surface area contributed by atoms with E-state index >= 15 is 0 Å². The number of benzene rings is 2. The lowest BCUT2D eigenvalue weighted by Gasteiger charge is -2.05. The molecule has 0 spiro atoms. The summed E-state index contributed by atoms with van der Waals surface area (Å²) in [5, 5.41) is 2.29. The Kier molecular flexibility index (Phi) is 2.81. The molecule has 0 bridgehead atoms. The molecule has 0 amide bonds. The van der Waals surface area contributed by atoms with Gasteiger partial charge in [0.2, 0.25) is 0 Å². The lowest BCUT2D eigenvalue weighted by atomic mass is 10.1. The third-order valence-electron chi connectivity index (χ3n) is 2.93. The van der Waals surface area contributed by atoms with Gasteiger partial charge >= 0.3 is 0 Å². The Morgan fingerprint density at radius 2 is 1.89 bits per heavy atom. The maximum Gasteiger partial charge on any atom is 0.197 e. The lowest BCUT2D eigenvalue weighted by Crippen LogP contribution is -2.02. The molecule has 0 saturated carbocycles. The monoisotopic (exact) mass is 294 g/mol. The number of halogens is 2. The van der Waals surface area contributed by atoms with E-state index in [1.807, 2.05) is 19.1 Å². The van der Waals surface area contributed by atoms with Crippen molar-refractivity contribution in [1.29, 1.82) is 0 Å². The van der Waals surface area contributed by atoms with E-state index in [1.54, 1.807) is 29.5 Å². The van der Waals surface area contributed by atoms with Crippen LogP contribution in [-0.2, 0) is 0 Å². The van der Waals surface area contributed by atoms with Crippen molar-refractivity contribution in [2.24, 2.45) is 0 Å². The summed E-state index contributed by atoms with van der Waals surface area (Å²) in [7, 11) is 0. The van der Waals surface area contributed by atoms with Crippen LogP contribution in [-0.4, -0.2) is 0 Å². The van der Waals surface area contributed by atoms with Crippen LogP contribution in [0.2, 0.25) is 10.0 Å². The fraction of sp³-hybridized carbons (Fsp3) is 0.0714. The standard InChI is InChI=1S/C14H8Cl2OS/c1-7-2-4-10(16)12-13(17)9-6-8(15)3-5-11(9)18-14(7)12/h2-6H,1H3. The molecule has 1 heterocycles. The second kappa shape index (κ2) is 4.23. The predicted octanol–water partition coefficient (Wildman–Crippen LogP) is 5.03. The van der Waals surface area contributed by atoms with Gasteiger partial charge in [-0.15, -0.1) is 11.3 Å². The summed E-state index contributed by atoms with van der Waals surface area (Å²) in [6, 6.07) is 9.08. The molecule has 18 heavy (non-hydrogen) atoms. The van der Waals surface area contributed by atoms with Crippen molar-refractivity contribution in [3.8, 4) is 0 Å². The van der Waals surface area contributed by atoms with Gasteiger partial charge in [-0.25, -0.2) is 0 Å². The summed E-state index contributed by atoms with van der Waals surface area (Å²) >= 11 is 13.7. The summed E-state index contributed by atoms with van der Waals surface area (Å²) in [6.07, 6.45) is 0. The van der Waals surface area contributed by atoms with Gasteiger partial charge < -0.3 is 0 Å². The van der Waals surface area contributed by atoms with Crippen molar-refractivity contribution in [2.45, 2.75) is 6.92 Å². The second-order valence-corrected chi connectivity index (χ2v) is 6.04. The van der Waals surface area contributed by atoms with E-state index in [1.165, 1.54) is 0 Å². The maximum absolute atomic E-state index is 12.5. The third-order valence-corrected chi connectivity index (χ3v) is 4.79. The zero-order valence-electron chi connectivity index (χ0n) is 9.46. The van der Waals surface area contributed by atoms with Gasteiger partial charge in [0.05, 0.1) is 10.4 Å². The molecule has 0 aliphatic carbocycles. The molecule has 0 saturated heterocycles. The molecule has 0 unspecified atom stereocenters. The van der Waals surface area contributed by atoms with Gasteiger partial charge in [0.15, 0.2) is 5.43 Å². The smallest absolute Gasteiger partial charge is 0.197 e. The SMILES string of the molecule is Cc1ccc(Cl)c2c(=O)c3cc(Cl)ccc3sc12. The number of aryl methyl sites for hydroxylation is 1. The van der Waals surface area contributed by atoms with Gasteiger partial charge in [-0.2, -0.15) is 0 Å². The van der Waals surface area contributed by atoms with Crippen molar-refractivity contribution in [2.75, 3.05) is 0 Å². The Bertz CT molecular complexity index is 836. The average molecular weight is 295 g/mol. The van der Waals surface area contributed by atoms with Gasteiger partial charge in [-0.1, -0.05) is 29.3 Å². The van der Waals surface area contributed by atoms with Crippen LogP contribution >= 0.6 is 34.5 Å². The highest BCUT2D eigenvalue weighted by Crippen LogP contribution is 2.32. The van der Waals surface area contributed by atoms with Crippen molar-refractivity contribution in [3.05, 3.63) is 56.2 Å². The zero-order chi connectivity index (χ0) is 12.9. The minimum Gasteiger partial charge on any atom is -0.288 e. The largest absolute Gasteiger partial charge is 0.288 e. The van der Waals surface area contributed by atoms with Gasteiger partial charge in [0, 0.05) is 19.8 Å². The molecule has 0 atom stereocenters. The molecule has 0 radical (unpaired) electrons. The van der Waals surface area contributed by atoms with Gasteiger partial charge in [-0.3, -0.25) is 4.79 Å². The average Bonchev–Trinajstić information content (AvgIpc) is 2.35. The Morgan fingerprint density at radius 1 is 1.11 bits per heavy atom. The first-order valence-electron chi connectivity index (χ1n) is 5.39. The molecular weight excluding hydrogens is 287 g/mol. The summed E-state index contributed by atoms with van der Waals surface area (Å²) in [6.45, 7) is 1.98. The molecule has 0 fully saturated rings. The van der Waals surface area contributed by atoms with E-state index in [9.17, 15) is 4.79 Å². The van der Waals surface area contributed by atoms with E-state index in [4.69, 9.17) is 23.2 Å². The fourth-order valence-corrected chi connectivity index (χ4v) is 3.64. The van der Waals surface area contributed by atoms with E-state index in [2.05, 4.69) is 0 Å². The number of hydrogen-bond donors (Lipinski definition) is 0. The van der Waals surface area contributed by atoms with Crippen LogP contribution < -0.4 is 5.43 Å². The minimum absolute atomic E-state index is 0.0463. The molecule has 1 nitrogen and oxygen atoms in total. The molecular formula is C14H8Cl2OS. The predicted molar refractivity (Wildman–Crippen MR) is 80.4 cm³/mol. The van der Waals surface area contributed by atoms with E-state index in [-0.39, 0.29) is 5.43 Å². The van der Waals surface area contributed by atoms with Crippen LogP contribution in [0.5, 0.6) is 0 Å². The lowest BCUT2D eigenvalue weighted by molar-refractivity contribution is 1.55. The molecule has 0 N–H and O–H groups in total.